The molecular formula is C17H17F2NO. The Kier molecular flexibility index (Phi) is 5.04. The van der Waals surface area contributed by atoms with Crippen molar-refractivity contribution in [3.8, 4) is 0 Å². The first kappa shape index (κ1) is 15.2. The third kappa shape index (κ3) is 3.66. The molecule has 2 aromatic rings. The van der Waals surface area contributed by atoms with E-state index in [9.17, 15) is 13.6 Å². The van der Waals surface area contributed by atoms with Gasteiger partial charge < -0.3 is 5.32 Å². The van der Waals surface area contributed by atoms with Gasteiger partial charge in [-0.15, -0.1) is 0 Å². The summed E-state index contributed by atoms with van der Waals surface area (Å²) >= 11 is 0. The Morgan fingerprint density at radius 3 is 2.24 bits per heavy atom. The predicted octanol–water partition coefficient (Wildman–Crippen LogP) is 4.24. The SMILES string of the molecule is CCC[C@H](NC(=O)c1c(F)cccc1F)c1ccccc1. The summed E-state index contributed by atoms with van der Waals surface area (Å²) in [5.41, 5.74) is 0.388. The minimum atomic E-state index is -0.851. The normalized spacial score (nSPS) is 12.0. The van der Waals surface area contributed by atoms with Crippen molar-refractivity contribution in [1.82, 2.24) is 5.32 Å². The second kappa shape index (κ2) is 6.97. The highest BCUT2D eigenvalue weighted by Crippen LogP contribution is 2.20. The highest BCUT2D eigenvalue weighted by Gasteiger charge is 2.20. The molecule has 4 heteroatoms. The van der Waals surface area contributed by atoms with Crippen LogP contribution in [0.1, 0.15) is 41.7 Å². The Morgan fingerprint density at radius 1 is 1.05 bits per heavy atom. The Hall–Kier alpha value is -2.23. The van der Waals surface area contributed by atoms with Gasteiger partial charge >= 0.3 is 0 Å². The van der Waals surface area contributed by atoms with Gasteiger partial charge in [0.1, 0.15) is 17.2 Å². The van der Waals surface area contributed by atoms with Crippen LogP contribution in [0.4, 0.5) is 8.78 Å². The Balaban J connectivity index is 2.23. The van der Waals surface area contributed by atoms with Gasteiger partial charge in [0.25, 0.3) is 5.91 Å². The number of benzene rings is 2. The fourth-order valence-corrected chi connectivity index (χ4v) is 2.24. The van der Waals surface area contributed by atoms with Gasteiger partial charge in [-0.2, -0.15) is 0 Å². The Morgan fingerprint density at radius 2 is 1.67 bits per heavy atom. The first-order valence-corrected chi connectivity index (χ1v) is 6.93. The summed E-state index contributed by atoms with van der Waals surface area (Å²) in [5.74, 6) is -2.43. The molecule has 2 rings (SSSR count). The van der Waals surface area contributed by atoms with Gasteiger partial charge in [-0.3, -0.25) is 4.79 Å². The van der Waals surface area contributed by atoms with E-state index in [-0.39, 0.29) is 6.04 Å². The second-order valence-corrected chi connectivity index (χ2v) is 4.82. The molecule has 0 aromatic heterocycles. The smallest absolute Gasteiger partial charge is 0.257 e. The van der Waals surface area contributed by atoms with Crippen molar-refractivity contribution < 1.29 is 13.6 Å². The summed E-state index contributed by atoms with van der Waals surface area (Å²) in [5, 5.41) is 2.71. The molecule has 21 heavy (non-hydrogen) atoms. The van der Waals surface area contributed by atoms with Crippen LogP contribution in [0.2, 0.25) is 0 Å². The molecule has 1 N–H and O–H groups in total. The van der Waals surface area contributed by atoms with E-state index in [2.05, 4.69) is 5.32 Å². The van der Waals surface area contributed by atoms with E-state index < -0.39 is 23.1 Å². The van der Waals surface area contributed by atoms with Crippen molar-refractivity contribution in [1.29, 1.82) is 0 Å². The summed E-state index contributed by atoms with van der Waals surface area (Å²) in [4.78, 5) is 12.2. The van der Waals surface area contributed by atoms with Crippen LogP contribution >= 0.6 is 0 Å². The maximum atomic E-state index is 13.6. The van der Waals surface area contributed by atoms with Gasteiger partial charge in [0.15, 0.2) is 0 Å². The fraction of sp³-hybridized carbons (Fsp3) is 0.235. The molecule has 1 atom stereocenters. The van der Waals surface area contributed by atoms with Crippen LogP contribution in [0, 0.1) is 11.6 Å². The van der Waals surface area contributed by atoms with Crippen molar-refractivity contribution in [2.24, 2.45) is 0 Å². The average molecular weight is 289 g/mol. The molecule has 0 saturated carbocycles. The molecule has 0 fully saturated rings. The second-order valence-electron chi connectivity index (χ2n) is 4.82. The van der Waals surface area contributed by atoms with Gasteiger partial charge in [0.05, 0.1) is 6.04 Å². The van der Waals surface area contributed by atoms with Crippen LogP contribution in [0.5, 0.6) is 0 Å². The summed E-state index contributed by atoms with van der Waals surface area (Å²) in [6.45, 7) is 1.99. The van der Waals surface area contributed by atoms with Crippen molar-refractivity contribution in [2.75, 3.05) is 0 Å². The number of carbonyl (C=O) groups is 1. The van der Waals surface area contributed by atoms with Gasteiger partial charge in [-0.1, -0.05) is 49.7 Å². The number of halogens is 2. The van der Waals surface area contributed by atoms with E-state index in [1.165, 1.54) is 6.07 Å². The molecule has 0 spiro atoms. The maximum absolute atomic E-state index is 13.6. The van der Waals surface area contributed by atoms with Crippen LogP contribution in [-0.4, -0.2) is 5.91 Å². The van der Waals surface area contributed by atoms with Crippen LogP contribution in [0.3, 0.4) is 0 Å². The van der Waals surface area contributed by atoms with Gasteiger partial charge in [-0.25, -0.2) is 8.78 Å². The summed E-state index contributed by atoms with van der Waals surface area (Å²) in [7, 11) is 0. The molecule has 0 heterocycles. The predicted molar refractivity (Wildman–Crippen MR) is 77.9 cm³/mol. The zero-order chi connectivity index (χ0) is 15.2. The molecule has 1 amide bonds. The van der Waals surface area contributed by atoms with Crippen LogP contribution < -0.4 is 5.32 Å². The molecule has 0 aliphatic heterocycles. The molecule has 110 valence electrons. The molecule has 0 bridgehead atoms. The van der Waals surface area contributed by atoms with Crippen LogP contribution in [-0.2, 0) is 0 Å². The molecule has 0 unspecified atom stereocenters. The third-order valence-electron chi connectivity index (χ3n) is 3.27. The summed E-state index contributed by atoms with van der Waals surface area (Å²) < 4.78 is 27.3. The van der Waals surface area contributed by atoms with E-state index in [4.69, 9.17) is 0 Å². The molecule has 0 aliphatic rings. The number of hydrogen-bond donors (Lipinski definition) is 1. The maximum Gasteiger partial charge on any atom is 0.257 e. The molecule has 0 radical (unpaired) electrons. The molecule has 2 nitrogen and oxygen atoms in total. The number of hydrogen-bond acceptors (Lipinski definition) is 1. The van der Waals surface area contributed by atoms with E-state index in [0.717, 1.165) is 24.1 Å². The van der Waals surface area contributed by atoms with Gasteiger partial charge in [0.2, 0.25) is 0 Å². The van der Waals surface area contributed by atoms with Crippen LogP contribution in [0.25, 0.3) is 0 Å². The molecule has 0 aliphatic carbocycles. The lowest BCUT2D eigenvalue weighted by atomic mass is 10.0. The Bertz CT molecular complexity index is 593. The van der Waals surface area contributed by atoms with E-state index in [0.29, 0.717) is 6.42 Å². The lowest BCUT2D eigenvalue weighted by Crippen LogP contribution is -2.30. The quantitative estimate of drug-likeness (QED) is 0.876. The highest BCUT2D eigenvalue weighted by molar-refractivity contribution is 5.95. The summed E-state index contributed by atoms with van der Waals surface area (Å²) in [6, 6.07) is 12.5. The van der Waals surface area contributed by atoms with Gasteiger partial charge in [0, 0.05) is 0 Å². The van der Waals surface area contributed by atoms with E-state index in [1.54, 1.807) is 0 Å². The topological polar surface area (TPSA) is 29.1 Å². The lowest BCUT2D eigenvalue weighted by molar-refractivity contribution is 0.0926. The zero-order valence-corrected chi connectivity index (χ0v) is 11.8. The minimum absolute atomic E-state index is 0.261. The number of amides is 1. The monoisotopic (exact) mass is 289 g/mol. The highest BCUT2D eigenvalue weighted by atomic mass is 19.1. The van der Waals surface area contributed by atoms with Crippen LogP contribution in [0.15, 0.2) is 48.5 Å². The zero-order valence-electron chi connectivity index (χ0n) is 11.8. The standard InChI is InChI=1S/C17H17F2NO/c1-2-7-15(12-8-4-3-5-9-12)20-17(21)16-13(18)10-6-11-14(16)19/h3-6,8-11,15H,2,7H2,1H3,(H,20,21)/t15-/m0/s1. The van der Waals surface area contributed by atoms with Crippen molar-refractivity contribution in [3.05, 3.63) is 71.3 Å². The molecule has 2 aromatic carbocycles. The molecule has 0 saturated heterocycles. The number of carbonyl (C=O) groups excluding carboxylic acids is 1. The van der Waals surface area contributed by atoms with E-state index in [1.807, 2.05) is 37.3 Å². The van der Waals surface area contributed by atoms with Crippen molar-refractivity contribution in [3.63, 3.8) is 0 Å². The lowest BCUT2D eigenvalue weighted by Gasteiger charge is -2.19. The van der Waals surface area contributed by atoms with Crippen molar-refractivity contribution >= 4 is 5.91 Å². The van der Waals surface area contributed by atoms with Gasteiger partial charge in [-0.05, 0) is 24.1 Å². The van der Waals surface area contributed by atoms with Crippen molar-refractivity contribution in [2.45, 2.75) is 25.8 Å². The summed E-state index contributed by atoms with van der Waals surface area (Å²) in [6.07, 6.45) is 1.55. The number of nitrogens with one attached hydrogen (secondary N) is 1. The first-order chi connectivity index (χ1) is 10.1. The average Bonchev–Trinajstić information content (AvgIpc) is 2.47. The fourth-order valence-electron chi connectivity index (χ4n) is 2.24. The number of rotatable bonds is 5. The largest absolute Gasteiger partial charge is 0.345 e. The molecular weight excluding hydrogens is 272 g/mol. The third-order valence-corrected chi connectivity index (χ3v) is 3.27. The minimum Gasteiger partial charge on any atom is -0.345 e. The van der Waals surface area contributed by atoms with E-state index >= 15 is 0 Å². The first-order valence-electron chi connectivity index (χ1n) is 6.93. The Labute approximate surface area is 122 Å².